The molecule has 6 N–H and O–H groups in total. The van der Waals surface area contributed by atoms with Gasteiger partial charge in [0.25, 0.3) is 0 Å². The molecule has 26 heavy (non-hydrogen) atoms. The molecule has 0 heterocycles. The second-order valence-electron chi connectivity index (χ2n) is 6.32. The van der Waals surface area contributed by atoms with Gasteiger partial charge in [0.1, 0.15) is 11.8 Å². The van der Waals surface area contributed by atoms with Crippen LogP contribution in [0.1, 0.15) is 46.0 Å². The van der Waals surface area contributed by atoms with Crippen molar-refractivity contribution >= 4 is 29.7 Å². The number of aliphatic carboxylic acids is 2. The van der Waals surface area contributed by atoms with Gasteiger partial charge in [0.15, 0.2) is 0 Å². The van der Waals surface area contributed by atoms with Crippen LogP contribution < -0.4 is 16.4 Å². The van der Waals surface area contributed by atoms with E-state index in [1.165, 1.54) is 0 Å². The maximum absolute atomic E-state index is 12.4. The summed E-state index contributed by atoms with van der Waals surface area (Å²) < 4.78 is 0. The first-order chi connectivity index (χ1) is 12.0. The van der Waals surface area contributed by atoms with Crippen LogP contribution in [0.5, 0.6) is 0 Å². The number of hydrogen-bond donors (Lipinski definition) is 5. The van der Waals surface area contributed by atoms with Gasteiger partial charge in [-0.05, 0) is 18.8 Å². The van der Waals surface area contributed by atoms with Crippen LogP contribution in [-0.4, -0.2) is 52.5 Å². The number of carbonyl (C=O) groups is 5. The van der Waals surface area contributed by atoms with Gasteiger partial charge in [0.2, 0.25) is 5.91 Å². The van der Waals surface area contributed by atoms with E-state index in [-0.39, 0.29) is 43.9 Å². The Labute approximate surface area is 151 Å². The summed E-state index contributed by atoms with van der Waals surface area (Å²) in [7, 11) is 0. The Morgan fingerprint density at radius 1 is 1.04 bits per heavy atom. The summed E-state index contributed by atoms with van der Waals surface area (Å²) in [6, 6.07) is -1.88. The van der Waals surface area contributed by atoms with E-state index in [1.807, 2.05) is 0 Å². The number of primary amides is 1. The van der Waals surface area contributed by atoms with Crippen molar-refractivity contribution in [3.05, 3.63) is 0 Å². The summed E-state index contributed by atoms with van der Waals surface area (Å²) in [5.74, 6) is -4.23. The number of carbonyl (C=O) groups excluding carboxylic acids is 3. The van der Waals surface area contributed by atoms with Gasteiger partial charge in [-0.1, -0.05) is 13.8 Å². The molecule has 148 valence electrons. The zero-order valence-electron chi connectivity index (χ0n) is 15.0. The maximum Gasteiger partial charge on any atom is 0.326 e. The molecule has 10 nitrogen and oxygen atoms in total. The number of carboxylic acids is 2. The molecular weight excluding hydrogens is 346 g/mol. The second kappa shape index (κ2) is 11.8. The number of urea groups is 1. The van der Waals surface area contributed by atoms with E-state index in [0.717, 1.165) is 0 Å². The minimum absolute atomic E-state index is 0.0825. The molecule has 10 heteroatoms. The van der Waals surface area contributed by atoms with Crippen molar-refractivity contribution in [1.29, 1.82) is 0 Å². The Hall–Kier alpha value is -2.65. The molecule has 3 amide bonds. The van der Waals surface area contributed by atoms with Gasteiger partial charge in [-0.2, -0.15) is 0 Å². The third-order valence-corrected chi connectivity index (χ3v) is 3.79. The Morgan fingerprint density at radius 3 is 2.12 bits per heavy atom. The van der Waals surface area contributed by atoms with Crippen molar-refractivity contribution in [3.63, 3.8) is 0 Å². The average molecular weight is 373 g/mol. The highest BCUT2D eigenvalue weighted by molar-refractivity contribution is 5.90. The van der Waals surface area contributed by atoms with Crippen molar-refractivity contribution in [3.8, 4) is 0 Å². The van der Waals surface area contributed by atoms with Crippen LogP contribution in [0.2, 0.25) is 0 Å². The molecule has 0 aromatic heterocycles. The fourth-order valence-corrected chi connectivity index (χ4v) is 2.28. The monoisotopic (exact) mass is 373 g/mol. The first-order valence-corrected chi connectivity index (χ1v) is 8.34. The molecule has 0 aliphatic carbocycles. The molecule has 0 aromatic carbocycles. The lowest BCUT2D eigenvalue weighted by molar-refractivity contribution is -0.143. The highest BCUT2D eigenvalue weighted by Gasteiger charge is 2.29. The highest BCUT2D eigenvalue weighted by atomic mass is 16.4. The molecule has 0 fully saturated rings. The molecule has 0 rings (SSSR count). The van der Waals surface area contributed by atoms with E-state index < -0.39 is 35.8 Å². The topological polar surface area (TPSA) is 176 Å². The SMILES string of the molecule is CC(C)[C@H](CC(=O)CCC(=O)O)C(=O)N[C@@H](CCCNC(N)=O)C(=O)O. The summed E-state index contributed by atoms with van der Waals surface area (Å²) in [6.07, 6.45) is -0.252. The lowest BCUT2D eigenvalue weighted by Gasteiger charge is -2.22. The van der Waals surface area contributed by atoms with Crippen LogP contribution in [0, 0.1) is 11.8 Å². The lowest BCUT2D eigenvalue weighted by atomic mass is 9.88. The molecule has 2 atom stereocenters. The standard InChI is InChI=1S/C16H27N3O7/c1-9(2)11(8-10(20)5-6-13(21)22)14(23)19-12(15(24)25)4-3-7-18-16(17)26/h9,11-12H,3-8H2,1-2H3,(H,19,23)(H,21,22)(H,24,25)(H3,17,18,26)/t11-,12-/m0/s1. The van der Waals surface area contributed by atoms with Crippen LogP contribution >= 0.6 is 0 Å². The number of nitrogens with one attached hydrogen (secondary N) is 2. The van der Waals surface area contributed by atoms with Gasteiger partial charge in [-0.25, -0.2) is 9.59 Å². The first kappa shape index (κ1) is 23.4. The number of Topliss-reactive ketones (excluding diaryl/α,β-unsaturated/α-hetero) is 1. The van der Waals surface area contributed by atoms with Gasteiger partial charge in [0, 0.05) is 25.3 Å². The van der Waals surface area contributed by atoms with Gasteiger partial charge in [-0.3, -0.25) is 14.4 Å². The largest absolute Gasteiger partial charge is 0.481 e. The molecule has 0 saturated heterocycles. The van der Waals surface area contributed by atoms with Gasteiger partial charge < -0.3 is 26.6 Å². The molecule has 0 radical (unpaired) electrons. The number of ketones is 1. The number of nitrogens with two attached hydrogens (primary N) is 1. The smallest absolute Gasteiger partial charge is 0.326 e. The van der Waals surface area contributed by atoms with Gasteiger partial charge >= 0.3 is 18.0 Å². The number of rotatable bonds is 13. The Balaban J connectivity index is 4.71. The minimum atomic E-state index is -1.22. The van der Waals surface area contributed by atoms with E-state index in [9.17, 15) is 29.1 Å². The normalized spacial score (nSPS) is 12.9. The summed E-state index contributed by atoms with van der Waals surface area (Å²) in [4.78, 5) is 56.6. The molecule has 0 bridgehead atoms. The summed E-state index contributed by atoms with van der Waals surface area (Å²) >= 11 is 0. The maximum atomic E-state index is 12.4. The average Bonchev–Trinajstić information content (AvgIpc) is 2.52. The van der Waals surface area contributed by atoms with Crippen LogP contribution in [0.3, 0.4) is 0 Å². The first-order valence-electron chi connectivity index (χ1n) is 8.34. The van der Waals surface area contributed by atoms with Gasteiger partial charge in [0.05, 0.1) is 6.42 Å². The minimum Gasteiger partial charge on any atom is -0.481 e. The van der Waals surface area contributed by atoms with Crippen molar-refractivity contribution in [1.82, 2.24) is 10.6 Å². The van der Waals surface area contributed by atoms with E-state index in [1.54, 1.807) is 13.8 Å². The summed E-state index contributed by atoms with van der Waals surface area (Å²) in [5, 5.41) is 22.5. The molecule has 0 spiro atoms. The predicted octanol–water partition coefficient (Wildman–Crippen LogP) is 0.101. The van der Waals surface area contributed by atoms with E-state index in [0.29, 0.717) is 6.42 Å². The molecule has 0 aliphatic rings. The lowest BCUT2D eigenvalue weighted by Crippen LogP contribution is -2.45. The third-order valence-electron chi connectivity index (χ3n) is 3.79. The van der Waals surface area contributed by atoms with Crippen LogP contribution in [0.4, 0.5) is 4.79 Å². The third kappa shape index (κ3) is 10.3. The molecular formula is C16H27N3O7. The fourth-order valence-electron chi connectivity index (χ4n) is 2.28. The molecule has 0 aliphatic heterocycles. The quantitative estimate of drug-likeness (QED) is 0.284. The van der Waals surface area contributed by atoms with E-state index in [4.69, 9.17) is 10.8 Å². The Bertz CT molecular complexity index is 534. The van der Waals surface area contributed by atoms with Crippen molar-refractivity contribution < 1.29 is 34.2 Å². The zero-order chi connectivity index (χ0) is 20.3. The Morgan fingerprint density at radius 2 is 1.65 bits per heavy atom. The Kier molecular flexibility index (Phi) is 10.6. The fraction of sp³-hybridized carbons (Fsp3) is 0.688. The summed E-state index contributed by atoms with van der Waals surface area (Å²) in [6.45, 7) is 3.62. The van der Waals surface area contributed by atoms with Crippen molar-refractivity contribution in [2.45, 2.75) is 52.0 Å². The van der Waals surface area contributed by atoms with Crippen LogP contribution in [0.25, 0.3) is 0 Å². The number of hydrogen-bond acceptors (Lipinski definition) is 5. The molecule has 0 aromatic rings. The van der Waals surface area contributed by atoms with Crippen LogP contribution in [-0.2, 0) is 19.2 Å². The second-order valence-corrected chi connectivity index (χ2v) is 6.32. The number of amides is 3. The predicted molar refractivity (Wildman–Crippen MR) is 91.2 cm³/mol. The number of carboxylic acid groups (broad SMARTS) is 2. The molecule has 0 saturated carbocycles. The van der Waals surface area contributed by atoms with Crippen molar-refractivity contribution in [2.24, 2.45) is 17.6 Å². The van der Waals surface area contributed by atoms with Crippen LogP contribution in [0.15, 0.2) is 0 Å². The zero-order valence-corrected chi connectivity index (χ0v) is 15.0. The van der Waals surface area contributed by atoms with Gasteiger partial charge in [-0.15, -0.1) is 0 Å². The van der Waals surface area contributed by atoms with E-state index in [2.05, 4.69) is 10.6 Å². The van der Waals surface area contributed by atoms with Crippen molar-refractivity contribution in [2.75, 3.05) is 6.54 Å². The molecule has 0 unspecified atom stereocenters. The van der Waals surface area contributed by atoms with E-state index >= 15 is 0 Å². The summed E-state index contributed by atoms with van der Waals surface area (Å²) in [5.41, 5.74) is 4.91. The highest BCUT2D eigenvalue weighted by Crippen LogP contribution is 2.18.